The van der Waals surface area contributed by atoms with E-state index in [0.29, 0.717) is 5.39 Å². The number of pyridine rings is 2. The van der Waals surface area contributed by atoms with Crippen molar-refractivity contribution < 1.29 is 5.11 Å². The summed E-state index contributed by atoms with van der Waals surface area (Å²) in [5, 5.41) is 11.7. The molecule has 2 aromatic heterocycles. The van der Waals surface area contributed by atoms with Crippen LogP contribution in [0.3, 0.4) is 0 Å². The van der Waals surface area contributed by atoms with Crippen LogP contribution < -0.4 is 5.56 Å². The summed E-state index contributed by atoms with van der Waals surface area (Å²) in [5.74, 6) is -0.0867. The molecule has 0 spiro atoms. The highest BCUT2D eigenvalue weighted by atomic mass is 35.5. The van der Waals surface area contributed by atoms with Crippen molar-refractivity contribution in [2.75, 3.05) is 0 Å². The van der Waals surface area contributed by atoms with Gasteiger partial charge < -0.3 is 9.67 Å². The van der Waals surface area contributed by atoms with Gasteiger partial charge in [-0.05, 0) is 30.5 Å². The van der Waals surface area contributed by atoms with Crippen molar-refractivity contribution >= 4 is 33.3 Å². The molecule has 0 amide bonds. The number of benzene rings is 1. The molecule has 5 heteroatoms. The highest BCUT2D eigenvalue weighted by Crippen LogP contribution is 2.33. The lowest BCUT2D eigenvalue weighted by molar-refractivity contribution is 0.476. The molecule has 0 saturated heterocycles. The number of aromatic nitrogens is 2. The standard InChI is InChI=1S/C14H11ClN2O2/c1-7-13-9(5-6-16-7)8-3-4-10(18)12(15)11(8)14(19)17(13)2/h3-6,18H,1-2H3. The highest BCUT2D eigenvalue weighted by Gasteiger charge is 2.15. The third-order valence-corrected chi connectivity index (χ3v) is 3.76. The van der Waals surface area contributed by atoms with Crippen LogP contribution in [-0.2, 0) is 7.05 Å². The number of phenolic OH excluding ortho intramolecular Hbond substituents is 1. The quantitative estimate of drug-likeness (QED) is 0.641. The van der Waals surface area contributed by atoms with Crippen molar-refractivity contribution in [2.45, 2.75) is 6.92 Å². The number of aryl methyl sites for hydroxylation is 2. The summed E-state index contributed by atoms with van der Waals surface area (Å²) in [6, 6.07) is 5.05. The third kappa shape index (κ3) is 1.53. The first-order chi connectivity index (χ1) is 9.02. The number of rotatable bonds is 0. The van der Waals surface area contributed by atoms with Crippen LogP contribution in [0.2, 0.25) is 5.02 Å². The van der Waals surface area contributed by atoms with Crippen LogP contribution in [0.5, 0.6) is 5.75 Å². The Bertz CT molecular complexity index is 884. The molecule has 0 aliphatic heterocycles. The maximum atomic E-state index is 12.4. The number of nitrogens with zero attached hydrogens (tertiary/aromatic N) is 2. The number of hydrogen-bond acceptors (Lipinski definition) is 3. The average molecular weight is 275 g/mol. The fourth-order valence-corrected chi connectivity index (χ4v) is 2.71. The van der Waals surface area contributed by atoms with E-state index in [2.05, 4.69) is 4.98 Å². The lowest BCUT2D eigenvalue weighted by Gasteiger charge is -2.11. The van der Waals surface area contributed by atoms with Gasteiger partial charge in [-0.1, -0.05) is 11.6 Å². The van der Waals surface area contributed by atoms with Crippen molar-refractivity contribution in [3.8, 4) is 5.75 Å². The topological polar surface area (TPSA) is 55.1 Å². The minimum atomic E-state index is -0.237. The molecule has 4 nitrogen and oxygen atoms in total. The molecule has 0 saturated carbocycles. The normalized spacial score (nSPS) is 11.3. The van der Waals surface area contributed by atoms with Gasteiger partial charge in [0.05, 0.1) is 21.6 Å². The van der Waals surface area contributed by atoms with E-state index < -0.39 is 0 Å². The Balaban J connectivity index is 2.75. The Hall–Kier alpha value is -2.07. The van der Waals surface area contributed by atoms with Crippen molar-refractivity contribution in [2.24, 2.45) is 7.05 Å². The molecule has 2 heterocycles. The second-order valence-electron chi connectivity index (χ2n) is 4.48. The predicted molar refractivity (Wildman–Crippen MR) is 75.9 cm³/mol. The summed E-state index contributed by atoms with van der Waals surface area (Å²) >= 11 is 6.06. The fraction of sp³-hybridized carbons (Fsp3) is 0.143. The van der Waals surface area contributed by atoms with Gasteiger partial charge in [-0.2, -0.15) is 0 Å². The van der Waals surface area contributed by atoms with Gasteiger partial charge >= 0.3 is 0 Å². The number of halogens is 1. The zero-order valence-electron chi connectivity index (χ0n) is 10.4. The minimum absolute atomic E-state index is 0.0867. The van der Waals surface area contributed by atoms with Crippen molar-refractivity contribution in [3.63, 3.8) is 0 Å². The molecular weight excluding hydrogens is 264 g/mol. The molecule has 0 atom stereocenters. The fourth-order valence-electron chi connectivity index (χ4n) is 2.47. The first-order valence-electron chi connectivity index (χ1n) is 5.78. The van der Waals surface area contributed by atoms with Gasteiger partial charge in [0.15, 0.2) is 0 Å². The Morgan fingerprint density at radius 1 is 1.26 bits per heavy atom. The van der Waals surface area contributed by atoms with E-state index in [4.69, 9.17) is 11.6 Å². The van der Waals surface area contributed by atoms with Crippen LogP contribution in [0, 0.1) is 6.92 Å². The van der Waals surface area contributed by atoms with Crippen LogP contribution in [0.4, 0.5) is 0 Å². The molecule has 1 aromatic carbocycles. The van der Waals surface area contributed by atoms with E-state index >= 15 is 0 Å². The summed E-state index contributed by atoms with van der Waals surface area (Å²) in [6.45, 7) is 1.86. The van der Waals surface area contributed by atoms with Crippen molar-refractivity contribution in [3.05, 3.63) is 45.5 Å². The molecule has 19 heavy (non-hydrogen) atoms. The molecule has 3 rings (SSSR count). The maximum Gasteiger partial charge on any atom is 0.260 e. The third-order valence-electron chi connectivity index (χ3n) is 3.37. The van der Waals surface area contributed by atoms with E-state index in [-0.39, 0.29) is 16.3 Å². The van der Waals surface area contributed by atoms with Gasteiger partial charge in [0.25, 0.3) is 5.56 Å². The predicted octanol–water partition coefficient (Wildman–Crippen LogP) is 2.75. The van der Waals surface area contributed by atoms with E-state index in [0.717, 1.165) is 22.0 Å². The van der Waals surface area contributed by atoms with Crippen LogP contribution in [0.25, 0.3) is 21.7 Å². The van der Waals surface area contributed by atoms with Gasteiger partial charge in [0.1, 0.15) is 5.75 Å². The monoisotopic (exact) mass is 274 g/mol. The molecule has 0 bridgehead atoms. The molecule has 1 N–H and O–H groups in total. The largest absolute Gasteiger partial charge is 0.506 e. The lowest BCUT2D eigenvalue weighted by Crippen LogP contribution is -2.18. The van der Waals surface area contributed by atoms with E-state index in [1.165, 1.54) is 10.6 Å². The van der Waals surface area contributed by atoms with Gasteiger partial charge in [-0.25, -0.2) is 0 Å². The second kappa shape index (κ2) is 3.96. The van der Waals surface area contributed by atoms with Gasteiger partial charge in [-0.15, -0.1) is 0 Å². The first kappa shape index (κ1) is 12.0. The summed E-state index contributed by atoms with van der Waals surface area (Å²) in [5.41, 5.74) is 1.32. The molecule has 0 aliphatic carbocycles. The minimum Gasteiger partial charge on any atom is -0.506 e. The molecule has 0 unspecified atom stereocenters. The number of aromatic hydroxyl groups is 1. The van der Waals surface area contributed by atoms with Crippen molar-refractivity contribution in [1.82, 2.24) is 9.55 Å². The Morgan fingerprint density at radius 2 is 2.00 bits per heavy atom. The number of phenols is 1. The van der Waals surface area contributed by atoms with Crippen molar-refractivity contribution in [1.29, 1.82) is 0 Å². The van der Waals surface area contributed by atoms with Gasteiger partial charge in [-0.3, -0.25) is 9.78 Å². The zero-order valence-corrected chi connectivity index (χ0v) is 11.2. The lowest BCUT2D eigenvalue weighted by atomic mass is 10.1. The molecule has 0 radical (unpaired) electrons. The Kier molecular flexibility index (Phi) is 2.50. The molecular formula is C14H11ClN2O2. The highest BCUT2D eigenvalue weighted by molar-refractivity contribution is 6.37. The summed E-state index contributed by atoms with van der Waals surface area (Å²) < 4.78 is 1.52. The second-order valence-corrected chi connectivity index (χ2v) is 4.86. The van der Waals surface area contributed by atoms with Crippen LogP contribution in [0.15, 0.2) is 29.2 Å². The molecule has 96 valence electrons. The summed E-state index contributed by atoms with van der Waals surface area (Å²) in [6.07, 6.45) is 1.70. The summed E-state index contributed by atoms with van der Waals surface area (Å²) in [7, 11) is 1.68. The van der Waals surface area contributed by atoms with Gasteiger partial charge in [0, 0.05) is 18.6 Å². The SMILES string of the molecule is Cc1nccc2c3ccc(O)c(Cl)c3c(=O)n(C)c12. The molecule has 0 aliphatic rings. The first-order valence-corrected chi connectivity index (χ1v) is 6.15. The number of hydrogen-bond donors (Lipinski definition) is 1. The van der Waals surface area contributed by atoms with E-state index in [1.807, 2.05) is 13.0 Å². The maximum absolute atomic E-state index is 12.4. The Morgan fingerprint density at radius 3 is 2.74 bits per heavy atom. The average Bonchev–Trinajstić information content (AvgIpc) is 2.39. The Labute approximate surface area is 113 Å². The molecule has 0 fully saturated rings. The van der Waals surface area contributed by atoms with E-state index in [9.17, 15) is 9.90 Å². The van der Waals surface area contributed by atoms with Crippen LogP contribution in [0.1, 0.15) is 5.69 Å². The number of fused-ring (bicyclic) bond motifs is 3. The zero-order chi connectivity index (χ0) is 13.7. The van der Waals surface area contributed by atoms with Crippen LogP contribution in [-0.4, -0.2) is 14.7 Å². The van der Waals surface area contributed by atoms with E-state index in [1.54, 1.807) is 19.3 Å². The van der Waals surface area contributed by atoms with Gasteiger partial charge in [0.2, 0.25) is 0 Å². The smallest absolute Gasteiger partial charge is 0.260 e. The molecule has 3 aromatic rings. The van der Waals surface area contributed by atoms with Crippen LogP contribution >= 0.6 is 11.6 Å². The summed E-state index contributed by atoms with van der Waals surface area (Å²) in [4.78, 5) is 16.6.